The lowest BCUT2D eigenvalue weighted by Gasteiger charge is -2.35. The van der Waals surface area contributed by atoms with Gasteiger partial charge in [0, 0.05) is 31.7 Å². The monoisotopic (exact) mass is 260 g/mol. The van der Waals surface area contributed by atoms with Crippen molar-refractivity contribution in [1.82, 2.24) is 19.7 Å². The first-order valence-electron chi connectivity index (χ1n) is 6.26. The Kier molecular flexibility index (Phi) is 3.08. The molecule has 1 aliphatic rings. The molecule has 1 N–H and O–H groups in total. The van der Waals surface area contributed by atoms with Crippen molar-refractivity contribution in [3.8, 4) is 0 Å². The summed E-state index contributed by atoms with van der Waals surface area (Å²) in [5.74, 6) is -0.0352. The molecule has 1 fully saturated rings. The molecule has 3 heterocycles. The lowest BCUT2D eigenvalue weighted by Crippen LogP contribution is -2.44. The minimum absolute atomic E-state index is 0.0352. The molecule has 0 bridgehead atoms. The van der Waals surface area contributed by atoms with Crippen LogP contribution in [-0.2, 0) is 11.8 Å². The van der Waals surface area contributed by atoms with E-state index in [1.807, 2.05) is 34.8 Å². The van der Waals surface area contributed by atoms with Gasteiger partial charge >= 0.3 is 0 Å². The number of H-pyrrole nitrogens is 1. The summed E-state index contributed by atoms with van der Waals surface area (Å²) in [6.45, 7) is 1.69. The number of morpholine rings is 1. The number of ether oxygens (including phenoxy) is 1. The number of hydrogen-bond donors (Lipinski definition) is 1. The average Bonchev–Trinajstić information content (AvgIpc) is 3.09. The molecule has 19 heavy (non-hydrogen) atoms. The van der Waals surface area contributed by atoms with Gasteiger partial charge in [0.25, 0.3) is 5.91 Å². The Morgan fingerprint density at radius 3 is 3.11 bits per heavy atom. The predicted molar refractivity (Wildman–Crippen MR) is 68.6 cm³/mol. The SMILES string of the molecule is Cn1cccc1[C@@H]1COCCN1C(=O)c1ccn[nH]1. The normalized spacial score (nSPS) is 19.6. The minimum Gasteiger partial charge on any atom is -0.377 e. The van der Waals surface area contributed by atoms with Crippen molar-refractivity contribution in [2.24, 2.45) is 7.05 Å². The number of aromatic amines is 1. The first-order valence-corrected chi connectivity index (χ1v) is 6.26. The van der Waals surface area contributed by atoms with Crippen LogP contribution in [0.25, 0.3) is 0 Å². The first-order chi connectivity index (χ1) is 9.27. The zero-order chi connectivity index (χ0) is 13.2. The third kappa shape index (κ3) is 2.15. The zero-order valence-corrected chi connectivity index (χ0v) is 10.7. The van der Waals surface area contributed by atoms with Crippen LogP contribution in [0.2, 0.25) is 0 Å². The number of nitrogens with zero attached hydrogens (tertiary/aromatic N) is 3. The molecule has 3 rings (SSSR count). The number of aromatic nitrogens is 3. The van der Waals surface area contributed by atoms with Gasteiger partial charge in [-0.1, -0.05) is 0 Å². The highest BCUT2D eigenvalue weighted by Gasteiger charge is 2.31. The summed E-state index contributed by atoms with van der Waals surface area (Å²) in [7, 11) is 1.97. The van der Waals surface area contributed by atoms with Gasteiger partial charge in [-0.3, -0.25) is 9.89 Å². The second-order valence-electron chi connectivity index (χ2n) is 4.60. The molecule has 0 unspecified atom stereocenters. The number of carbonyl (C=O) groups excluding carboxylic acids is 1. The van der Waals surface area contributed by atoms with Crippen molar-refractivity contribution < 1.29 is 9.53 Å². The van der Waals surface area contributed by atoms with Crippen molar-refractivity contribution in [1.29, 1.82) is 0 Å². The van der Waals surface area contributed by atoms with E-state index in [4.69, 9.17) is 4.74 Å². The zero-order valence-electron chi connectivity index (χ0n) is 10.7. The smallest absolute Gasteiger partial charge is 0.272 e. The molecule has 0 aromatic carbocycles. The van der Waals surface area contributed by atoms with Gasteiger partial charge in [-0.2, -0.15) is 5.10 Å². The summed E-state index contributed by atoms with van der Waals surface area (Å²) in [4.78, 5) is 14.3. The maximum absolute atomic E-state index is 12.5. The third-order valence-corrected chi connectivity index (χ3v) is 3.45. The van der Waals surface area contributed by atoms with Gasteiger partial charge < -0.3 is 14.2 Å². The maximum atomic E-state index is 12.5. The van der Waals surface area contributed by atoms with E-state index >= 15 is 0 Å². The summed E-state index contributed by atoms with van der Waals surface area (Å²) in [5, 5.41) is 6.56. The molecular weight excluding hydrogens is 244 g/mol. The average molecular weight is 260 g/mol. The van der Waals surface area contributed by atoms with Crippen LogP contribution < -0.4 is 0 Å². The Hall–Kier alpha value is -2.08. The fraction of sp³-hybridized carbons (Fsp3) is 0.385. The fourth-order valence-corrected chi connectivity index (χ4v) is 2.44. The number of aryl methyl sites for hydroxylation is 1. The van der Waals surface area contributed by atoms with Gasteiger partial charge in [-0.05, 0) is 18.2 Å². The van der Waals surface area contributed by atoms with E-state index in [0.29, 0.717) is 25.5 Å². The van der Waals surface area contributed by atoms with Gasteiger partial charge in [0.2, 0.25) is 0 Å². The summed E-state index contributed by atoms with van der Waals surface area (Å²) < 4.78 is 7.55. The quantitative estimate of drug-likeness (QED) is 0.875. The van der Waals surface area contributed by atoms with Gasteiger partial charge in [0.05, 0.1) is 19.3 Å². The fourth-order valence-electron chi connectivity index (χ4n) is 2.44. The molecule has 0 spiro atoms. The van der Waals surface area contributed by atoms with E-state index in [1.54, 1.807) is 12.3 Å². The molecule has 6 heteroatoms. The van der Waals surface area contributed by atoms with Crippen molar-refractivity contribution in [2.45, 2.75) is 6.04 Å². The molecule has 1 amide bonds. The molecule has 2 aromatic heterocycles. The van der Waals surface area contributed by atoms with Crippen LogP contribution in [0.4, 0.5) is 0 Å². The second-order valence-corrected chi connectivity index (χ2v) is 4.60. The number of carbonyl (C=O) groups is 1. The Morgan fingerprint density at radius 2 is 2.42 bits per heavy atom. The van der Waals surface area contributed by atoms with Crippen LogP contribution in [0.15, 0.2) is 30.6 Å². The van der Waals surface area contributed by atoms with Crippen LogP contribution in [0.5, 0.6) is 0 Å². The summed E-state index contributed by atoms with van der Waals surface area (Å²) in [6, 6.07) is 5.64. The van der Waals surface area contributed by atoms with E-state index < -0.39 is 0 Å². The number of nitrogens with one attached hydrogen (secondary N) is 1. The van der Waals surface area contributed by atoms with E-state index in [2.05, 4.69) is 10.2 Å². The van der Waals surface area contributed by atoms with E-state index in [-0.39, 0.29) is 11.9 Å². The molecule has 0 saturated carbocycles. The lowest BCUT2D eigenvalue weighted by atomic mass is 10.1. The van der Waals surface area contributed by atoms with Crippen LogP contribution in [0.1, 0.15) is 22.2 Å². The highest BCUT2D eigenvalue weighted by atomic mass is 16.5. The molecule has 100 valence electrons. The lowest BCUT2D eigenvalue weighted by molar-refractivity contribution is -0.00494. The Morgan fingerprint density at radius 1 is 1.53 bits per heavy atom. The highest BCUT2D eigenvalue weighted by molar-refractivity contribution is 5.92. The van der Waals surface area contributed by atoms with Crippen LogP contribution >= 0.6 is 0 Å². The van der Waals surface area contributed by atoms with E-state index in [9.17, 15) is 4.79 Å². The Balaban J connectivity index is 1.90. The first kappa shape index (κ1) is 12.0. The molecule has 6 nitrogen and oxygen atoms in total. The molecule has 1 atom stereocenters. The summed E-state index contributed by atoms with van der Waals surface area (Å²) in [6.07, 6.45) is 3.56. The van der Waals surface area contributed by atoms with Gasteiger partial charge in [-0.15, -0.1) is 0 Å². The number of amides is 1. The molecule has 1 aliphatic heterocycles. The number of hydrogen-bond acceptors (Lipinski definition) is 3. The summed E-state index contributed by atoms with van der Waals surface area (Å²) in [5.41, 5.74) is 1.59. The van der Waals surface area contributed by atoms with Crippen molar-refractivity contribution in [3.05, 3.63) is 42.0 Å². The van der Waals surface area contributed by atoms with E-state index in [0.717, 1.165) is 5.69 Å². The van der Waals surface area contributed by atoms with Gasteiger partial charge in [0.15, 0.2) is 0 Å². The second kappa shape index (κ2) is 4.89. The maximum Gasteiger partial charge on any atom is 0.272 e. The largest absolute Gasteiger partial charge is 0.377 e. The predicted octanol–water partition coefficient (Wildman–Crippen LogP) is 0.962. The van der Waals surface area contributed by atoms with Crippen LogP contribution in [-0.4, -0.2) is 45.3 Å². The van der Waals surface area contributed by atoms with Crippen molar-refractivity contribution >= 4 is 5.91 Å². The molecule has 0 aliphatic carbocycles. The topological polar surface area (TPSA) is 63.1 Å². The highest BCUT2D eigenvalue weighted by Crippen LogP contribution is 2.25. The Bertz CT molecular complexity index is 561. The Labute approximate surface area is 111 Å². The summed E-state index contributed by atoms with van der Waals surface area (Å²) >= 11 is 0. The minimum atomic E-state index is -0.0513. The van der Waals surface area contributed by atoms with Crippen LogP contribution in [0.3, 0.4) is 0 Å². The van der Waals surface area contributed by atoms with Gasteiger partial charge in [0.1, 0.15) is 5.69 Å². The molecular formula is C13H16N4O2. The molecule has 1 saturated heterocycles. The van der Waals surface area contributed by atoms with Crippen molar-refractivity contribution in [2.75, 3.05) is 19.8 Å². The van der Waals surface area contributed by atoms with Crippen LogP contribution in [0, 0.1) is 0 Å². The third-order valence-electron chi connectivity index (χ3n) is 3.45. The van der Waals surface area contributed by atoms with E-state index in [1.165, 1.54) is 0 Å². The number of rotatable bonds is 2. The van der Waals surface area contributed by atoms with Crippen molar-refractivity contribution in [3.63, 3.8) is 0 Å². The molecule has 2 aromatic rings. The van der Waals surface area contributed by atoms with Gasteiger partial charge in [-0.25, -0.2) is 0 Å². The molecule has 0 radical (unpaired) electrons. The standard InChI is InChI=1S/C13H16N4O2/c1-16-6-2-3-11(16)12-9-19-8-7-17(12)13(18)10-4-5-14-15-10/h2-6,12H,7-9H2,1H3,(H,14,15)/t12-/m0/s1.